The van der Waals surface area contributed by atoms with Crippen LogP contribution in [0.2, 0.25) is 0 Å². The molecule has 166 valence electrons. The zero-order valence-electron chi connectivity index (χ0n) is 18.0. The van der Waals surface area contributed by atoms with Crippen molar-refractivity contribution in [3.05, 3.63) is 102 Å². The minimum Gasteiger partial charge on any atom is -0.497 e. The summed E-state index contributed by atoms with van der Waals surface area (Å²) >= 11 is 0. The summed E-state index contributed by atoms with van der Waals surface area (Å²) < 4.78 is 5.12. The van der Waals surface area contributed by atoms with Crippen molar-refractivity contribution in [3.63, 3.8) is 0 Å². The second kappa shape index (κ2) is 9.82. The fourth-order valence-electron chi connectivity index (χ4n) is 3.69. The van der Waals surface area contributed by atoms with Gasteiger partial charge in [-0.15, -0.1) is 0 Å². The molecule has 0 saturated heterocycles. The maximum Gasteiger partial charge on any atom is 0.311 e. The normalized spacial score (nSPS) is 12.3. The third-order valence-corrected chi connectivity index (χ3v) is 5.44. The number of fused-ring (bicyclic) bond motifs is 1. The van der Waals surface area contributed by atoms with E-state index in [4.69, 9.17) is 4.74 Å². The molecule has 0 spiro atoms. The Morgan fingerprint density at radius 2 is 1.67 bits per heavy atom. The van der Waals surface area contributed by atoms with Crippen molar-refractivity contribution in [2.45, 2.75) is 12.3 Å². The van der Waals surface area contributed by atoms with Crippen LogP contribution in [-0.4, -0.2) is 34.8 Å². The van der Waals surface area contributed by atoms with Crippen molar-refractivity contribution in [3.8, 4) is 5.75 Å². The number of carboxylic acid groups (broad SMARTS) is 1. The molecule has 7 nitrogen and oxygen atoms in total. The van der Waals surface area contributed by atoms with Crippen molar-refractivity contribution in [1.29, 1.82) is 0 Å². The minimum atomic E-state index is -0.968. The first kappa shape index (κ1) is 21.8. The topological polar surface area (TPSA) is 104 Å². The van der Waals surface area contributed by atoms with E-state index < -0.39 is 17.8 Å². The smallest absolute Gasteiger partial charge is 0.311 e. The van der Waals surface area contributed by atoms with Gasteiger partial charge in [0.2, 0.25) is 0 Å². The first-order chi connectivity index (χ1) is 16.1. The maximum atomic E-state index is 12.6. The number of nitrogens with one attached hydrogen (secondary N) is 2. The number of aliphatic carboxylic acids is 1. The van der Waals surface area contributed by atoms with Crippen LogP contribution in [0.4, 0.5) is 0 Å². The maximum absolute atomic E-state index is 12.6. The highest BCUT2D eigenvalue weighted by atomic mass is 16.5. The van der Waals surface area contributed by atoms with E-state index in [0.29, 0.717) is 22.6 Å². The molecule has 4 rings (SSSR count). The van der Waals surface area contributed by atoms with Crippen LogP contribution < -0.4 is 10.2 Å². The summed E-state index contributed by atoms with van der Waals surface area (Å²) in [6.07, 6.45) is 1.83. The highest BCUT2D eigenvalue weighted by molar-refractivity contribution is 6.05. The highest BCUT2D eigenvalue weighted by Crippen LogP contribution is 2.29. The van der Waals surface area contributed by atoms with Gasteiger partial charge in [-0.05, 0) is 41.5 Å². The molecule has 0 fully saturated rings. The predicted octanol–water partition coefficient (Wildman–Crippen LogP) is 4.57. The van der Waals surface area contributed by atoms with Crippen LogP contribution in [0.5, 0.6) is 5.75 Å². The summed E-state index contributed by atoms with van der Waals surface area (Å²) in [5, 5.41) is 15.2. The molecule has 0 saturated carbocycles. The van der Waals surface area contributed by atoms with Gasteiger partial charge in [-0.3, -0.25) is 9.59 Å². The van der Waals surface area contributed by atoms with E-state index in [2.05, 4.69) is 15.5 Å². The summed E-state index contributed by atoms with van der Waals surface area (Å²) in [7, 11) is 1.55. The first-order valence-electron chi connectivity index (χ1n) is 10.4. The van der Waals surface area contributed by atoms with Crippen molar-refractivity contribution in [2.75, 3.05) is 7.11 Å². The standard InChI is InChI=1S/C26H23N3O4/c1-33-19-13-11-18(12-14-19)25(30)29-28-24(17-7-3-2-4-8-17)15-21(26(31)32)22-16-27-23-10-6-5-9-20(22)23/h2-14,16,21,27H,15H2,1H3,(H,29,30)(H,31,32)/t21-/m1/s1. The lowest BCUT2D eigenvalue weighted by atomic mass is 9.91. The number of aromatic amines is 1. The van der Waals surface area contributed by atoms with Gasteiger partial charge in [-0.25, -0.2) is 5.43 Å². The number of hydrazone groups is 1. The number of carbonyl (C=O) groups excluding carboxylic acids is 1. The molecule has 0 aliphatic carbocycles. The number of amides is 1. The molecule has 7 heteroatoms. The molecule has 33 heavy (non-hydrogen) atoms. The second-order valence-corrected chi connectivity index (χ2v) is 7.48. The average molecular weight is 441 g/mol. The Kier molecular flexibility index (Phi) is 6.50. The molecule has 0 aliphatic rings. The third kappa shape index (κ3) is 4.93. The monoisotopic (exact) mass is 441 g/mol. The largest absolute Gasteiger partial charge is 0.497 e. The van der Waals surface area contributed by atoms with Gasteiger partial charge in [-0.1, -0.05) is 48.5 Å². The van der Waals surface area contributed by atoms with Crippen molar-refractivity contribution in [2.24, 2.45) is 5.10 Å². The summed E-state index contributed by atoms with van der Waals surface area (Å²) in [4.78, 5) is 28.0. The van der Waals surface area contributed by atoms with E-state index >= 15 is 0 Å². The SMILES string of the molecule is COc1ccc(C(=O)NN=C(C[C@@H](C(=O)O)c2c[nH]c3ccccc23)c2ccccc2)cc1. The molecule has 1 heterocycles. The number of H-pyrrole nitrogens is 1. The number of para-hydroxylation sites is 1. The van der Waals surface area contributed by atoms with Gasteiger partial charge in [-0.2, -0.15) is 5.10 Å². The summed E-state index contributed by atoms with van der Waals surface area (Å²) in [5.74, 6) is -1.57. The number of benzene rings is 3. The number of carboxylic acids is 1. The number of carbonyl (C=O) groups is 2. The van der Waals surface area contributed by atoms with Crippen molar-refractivity contribution >= 4 is 28.5 Å². The molecule has 0 radical (unpaired) electrons. The van der Waals surface area contributed by atoms with E-state index in [-0.39, 0.29) is 6.42 Å². The Hall–Kier alpha value is -4.39. The predicted molar refractivity (Wildman–Crippen MR) is 127 cm³/mol. The molecule has 1 aromatic heterocycles. The number of hydrogen-bond donors (Lipinski definition) is 3. The molecule has 0 bridgehead atoms. The van der Waals surface area contributed by atoms with E-state index in [0.717, 1.165) is 16.5 Å². The van der Waals surface area contributed by atoms with Crippen molar-refractivity contribution < 1.29 is 19.4 Å². The molecule has 4 aromatic rings. The van der Waals surface area contributed by atoms with Crippen LogP contribution in [0.25, 0.3) is 10.9 Å². The molecule has 0 aliphatic heterocycles. The van der Waals surface area contributed by atoms with Crippen LogP contribution in [0.1, 0.15) is 33.8 Å². The van der Waals surface area contributed by atoms with Gasteiger partial charge < -0.3 is 14.8 Å². The molecular formula is C26H23N3O4. The van der Waals surface area contributed by atoms with Crippen molar-refractivity contribution in [1.82, 2.24) is 10.4 Å². The van der Waals surface area contributed by atoms with Gasteiger partial charge in [0.1, 0.15) is 5.75 Å². The molecular weight excluding hydrogens is 418 g/mol. The Bertz CT molecular complexity index is 1290. The number of ether oxygens (including phenoxy) is 1. The fourth-order valence-corrected chi connectivity index (χ4v) is 3.69. The second-order valence-electron chi connectivity index (χ2n) is 7.48. The van der Waals surface area contributed by atoms with Gasteiger partial charge in [0, 0.05) is 29.1 Å². The highest BCUT2D eigenvalue weighted by Gasteiger charge is 2.26. The Balaban J connectivity index is 1.64. The van der Waals surface area contributed by atoms with Crippen LogP contribution >= 0.6 is 0 Å². The van der Waals surface area contributed by atoms with E-state index in [1.165, 1.54) is 0 Å². The lowest BCUT2D eigenvalue weighted by Gasteiger charge is -2.14. The fraction of sp³-hybridized carbons (Fsp3) is 0.115. The molecule has 0 unspecified atom stereocenters. The van der Waals surface area contributed by atoms with Crippen LogP contribution in [0.3, 0.4) is 0 Å². The Morgan fingerprint density at radius 3 is 2.36 bits per heavy atom. The van der Waals surface area contributed by atoms with Crippen LogP contribution in [0.15, 0.2) is 90.2 Å². The lowest BCUT2D eigenvalue weighted by Crippen LogP contribution is -2.23. The zero-order valence-corrected chi connectivity index (χ0v) is 18.0. The minimum absolute atomic E-state index is 0.101. The number of aromatic nitrogens is 1. The molecule has 3 aromatic carbocycles. The first-order valence-corrected chi connectivity index (χ1v) is 10.4. The van der Waals surface area contributed by atoms with E-state index in [9.17, 15) is 14.7 Å². The number of methoxy groups -OCH3 is 1. The molecule has 1 atom stereocenters. The zero-order chi connectivity index (χ0) is 23.2. The molecule has 3 N–H and O–H groups in total. The number of nitrogens with zero attached hydrogens (tertiary/aromatic N) is 1. The number of hydrogen-bond acceptors (Lipinski definition) is 4. The van der Waals surface area contributed by atoms with Gasteiger partial charge in [0.05, 0.1) is 18.7 Å². The van der Waals surface area contributed by atoms with Gasteiger partial charge in [0.25, 0.3) is 5.91 Å². The molecule has 1 amide bonds. The van der Waals surface area contributed by atoms with Crippen LogP contribution in [-0.2, 0) is 4.79 Å². The number of rotatable bonds is 8. The quantitative estimate of drug-likeness (QED) is 0.275. The summed E-state index contributed by atoms with van der Waals surface area (Å²) in [6.45, 7) is 0. The van der Waals surface area contributed by atoms with Gasteiger partial charge >= 0.3 is 5.97 Å². The Morgan fingerprint density at radius 1 is 0.970 bits per heavy atom. The average Bonchev–Trinajstić information content (AvgIpc) is 3.28. The Labute approximate surface area is 190 Å². The summed E-state index contributed by atoms with van der Waals surface area (Å²) in [6, 6.07) is 23.4. The summed E-state index contributed by atoms with van der Waals surface area (Å²) in [5.41, 5.74) is 5.72. The third-order valence-electron chi connectivity index (χ3n) is 5.44. The van der Waals surface area contributed by atoms with E-state index in [1.54, 1.807) is 37.6 Å². The van der Waals surface area contributed by atoms with E-state index in [1.807, 2.05) is 54.6 Å². The van der Waals surface area contributed by atoms with Gasteiger partial charge in [0.15, 0.2) is 0 Å². The lowest BCUT2D eigenvalue weighted by molar-refractivity contribution is -0.138. The van der Waals surface area contributed by atoms with Crippen LogP contribution in [0, 0.1) is 0 Å².